The molecule has 1 heterocycles. The van der Waals surface area contributed by atoms with E-state index in [0.717, 1.165) is 60.8 Å². The zero-order valence-corrected chi connectivity index (χ0v) is 14.0. The molecule has 0 amide bonds. The molecule has 4 nitrogen and oxygen atoms in total. The van der Waals surface area contributed by atoms with Gasteiger partial charge in [-0.15, -0.1) is 0 Å². The Hall–Kier alpha value is -0.680. The molecule has 0 aliphatic rings. The van der Waals surface area contributed by atoms with Gasteiger partial charge in [-0.25, -0.2) is 9.97 Å². The predicted molar refractivity (Wildman–Crippen MR) is 84.8 cm³/mol. The van der Waals surface area contributed by atoms with Crippen molar-refractivity contribution in [1.82, 2.24) is 14.9 Å². The van der Waals surface area contributed by atoms with E-state index in [4.69, 9.17) is 0 Å². The number of hydrogen-bond acceptors (Lipinski definition) is 4. The monoisotopic (exact) mass is 328 g/mol. The Labute approximate surface area is 125 Å². The molecular weight excluding hydrogens is 304 g/mol. The van der Waals surface area contributed by atoms with E-state index in [1.807, 2.05) is 0 Å². The second-order valence-corrected chi connectivity index (χ2v) is 5.20. The molecule has 0 spiro atoms. The van der Waals surface area contributed by atoms with Crippen molar-refractivity contribution < 1.29 is 0 Å². The van der Waals surface area contributed by atoms with E-state index < -0.39 is 0 Å². The summed E-state index contributed by atoms with van der Waals surface area (Å²) in [5.41, 5.74) is 1.08. The van der Waals surface area contributed by atoms with Gasteiger partial charge in [0.25, 0.3) is 0 Å². The number of anilines is 1. The number of halogens is 1. The first-order valence-electron chi connectivity index (χ1n) is 7.17. The minimum Gasteiger partial charge on any atom is -0.369 e. The average molecular weight is 329 g/mol. The van der Waals surface area contributed by atoms with Gasteiger partial charge < -0.3 is 10.2 Å². The van der Waals surface area contributed by atoms with Gasteiger partial charge in [0.05, 0.1) is 10.2 Å². The lowest BCUT2D eigenvalue weighted by Crippen LogP contribution is -2.26. The standard InChI is InChI=1S/C14H25BrN4/c1-5-11-13(15)14(16-6-2)18-12(17-11)9-10-19(7-3)8-4/h5-10H2,1-4H3,(H,16,17,18). The van der Waals surface area contributed by atoms with Crippen LogP contribution in [0.4, 0.5) is 5.82 Å². The molecule has 1 rings (SSSR count). The van der Waals surface area contributed by atoms with E-state index in [2.05, 4.69) is 63.8 Å². The van der Waals surface area contributed by atoms with E-state index in [0.29, 0.717) is 0 Å². The maximum atomic E-state index is 4.65. The summed E-state index contributed by atoms with van der Waals surface area (Å²) in [6.45, 7) is 12.6. The average Bonchev–Trinajstić information content (AvgIpc) is 2.43. The number of aromatic nitrogens is 2. The number of rotatable bonds is 8. The molecule has 5 heteroatoms. The molecule has 0 atom stereocenters. The van der Waals surface area contributed by atoms with Gasteiger partial charge in [-0.2, -0.15) is 0 Å². The molecule has 1 aromatic heterocycles. The minimum atomic E-state index is 0.869. The quantitative estimate of drug-likeness (QED) is 0.796. The van der Waals surface area contributed by atoms with Crippen molar-refractivity contribution >= 4 is 21.7 Å². The minimum absolute atomic E-state index is 0.869. The molecule has 0 aromatic carbocycles. The maximum absolute atomic E-state index is 4.65. The zero-order chi connectivity index (χ0) is 14.3. The van der Waals surface area contributed by atoms with Crippen LogP contribution in [0, 0.1) is 0 Å². The molecule has 0 fully saturated rings. The van der Waals surface area contributed by atoms with Crippen LogP contribution >= 0.6 is 15.9 Å². The highest BCUT2D eigenvalue weighted by atomic mass is 79.9. The summed E-state index contributed by atoms with van der Waals surface area (Å²) < 4.78 is 1.00. The Morgan fingerprint density at radius 3 is 2.32 bits per heavy atom. The van der Waals surface area contributed by atoms with Gasteiger partial charge in [-0.1, -0.05) is 20.8 Å². The summed E-state index contributed by atoms with van der Waals surface area (Å²) in [5.74, 6) is 1.85. The van der Waals surface area contributed by atoms with Crippen molar-refractivity contribution in [3.8, 4) is 0 Å². The van der Waals surface area contributed by atoms with Gasteiger partial charge in [0.1, 0.15) is 11.6 Å². The number of likely N-dealkylation sites (N-methyl/N-ethyl adjacent to an activating group) is 1. The Balaban J connectivity index is 2.85. The molecule has 0 saturated carbocycles. The second kappa shape index (κ2) is 8.48. The van der Waals surface area contributed by atoms with Crippen molar-refractivity contribution in [2.75, 3.05) is 31.5 Å². The largest absolute Gasteiger partial charge is 0.369 e. The molecule has 0 unspecified atom stereocenters. The lowest BCUT2D eigenvalue weighted by atomic mass is 10.3. The van der Waals surface area contributed by atoms with Crippen molar-refractivity contribution in [2.45, 2.75) is 40.5 Å². The number of nitrogens with zero attached hydrogens (tertiary/aromatic N) is 3. The molecule has 1 N–H and O–H groups in total. The Morgan fingerprint density at radius 2 is 1.79 bits per heavy atom. The molecule has 1 aromatic rings. The van der Waals surface area contributed by atoms with Gasteiger partial charge >= 0.3 is 0 Å². The Bertz CT molecular complexity index is 391. The van der Waals surface area contributed by atoms with Gasteiger partial charge in [0.2, 0.25) is 0 Å². The number of hydrogen-bond donors (Lipinski definition) is 1. The Kier molecular flexibility index (Phi) is 7.31. The summed E-state index contributed by atoms with van der Waals surface area (Å²) in [5, 5.41) is 3.29. The van der Waals surface area contributed by atoms with E-state index in [-0.39, 0.29) is 0 Å². The van der Waals surface area contributed by atoms with Crippen molar-refractivity contribution in [3.05, 3.63) is 16.0 Å². The summed E-state index contributed by atoms with van der Waals surface area (Å²) in [6.07, 6.45) is 1.82. The first-order valence-corrected chi connectivity index (χ1v) is 7.96. The van der Waals surface area contributed by atoms with Gasteiger partial charge in [-0.05, 0) is 42.4 Å². The van der Waals surface area contributed by atoms with Gasteiger partial charge in [-0.3, -0.25) is 0 Å². The summed E-state index contributed by atoms with van der Waals surface area (Å²) in [6, 6.07) is 0. The van der Waals surface area contributed by atoms with Crippen molar-refractivity contribution in [3.63, 3.8) is 0 Å². The van der Waals surface area contributed by atoms with Crippen LogP contribution in [-0.4, -0.2) is 41.0 Å². The molecule has 0 aliphatic carbocycles. The summed E-state index contributed by atoms with van der Waals surface area (Å²) >= 11 is 3.59. The molecule has 0 radical (unpaired) electrons. The van der Waals surface area contributed by atoms with E-state index in [1.54, 1.807) is 0 Å². The van der Waals surface area contributed by atoms with Crippen LogP contribution in [0.2, 0.25) is 0 Å². The fourth-order valence-corrected chi connectivity index (χ4v) is 2.57. The van der Waals surface area contributed by atoms with Crippen LogP contribution in [0.15, 0.2) is 4.47 Å². The Morgan fingerprint density at radius 1 is 1.11 bits per heavy atom. The summed E-state index contributed by atoms with van der Waals surface area (Å²) in [4.78, 5) is 11.7. The van der Waals surface area contributed by atoms with E-state index in [1.165, 1.54) is 0 Å². The topological polar surface area (TPSA) is 41.1 Å². The van der Waals surface area contributed by atoms with E-state index in [9.17, 15) is 0 Å². The van der Waals surface area contributed by atoms with Crippen LogP contribution in [-0.2, 0) is 12.8 Å². The van der Waals surface area contributed by atoms with Crippen molar-refractivity contribution in [1.29, 1.82) is 0 Å². The van der Waals surface area contributed by atoms with Gasteiger partial charge in [0, 0.05) is 19.5 Å². The fourth-order valence-electron chi connectivity index (χ4n) is 1.97. The zero-order valence-electron chi connectivity index (χ0n) is 12.5. The third-order valence-electron chi connectivity index (χ3n) is 3.19. The summed E-state index contributed by atoms with van der Waals surface area (Å²) in [7, 11) is 0. The van der Waals surface area contributed by atoms with Crippen LogP contribution in [0.3, 0.4) is 0 Å². The predicted octanol–water partition coefficient (Wildman–Crippen LogP) is 3.12. The normalized spacial score (nSPS) is 11.1. The SMILES string of the molecule is CCNc1nc(CCN(CC)CC)nc(CC)c1Br. The lowest BCUT2D eigenvalue weighted by Gasteiger charge is -2.18. The fraction of sp³-hybridized carbons (Fsp3) is 0.714. The number of nitrogens with one attached hydrogen (secondary N) is 1. The van der Waals surface area contributed by atoms with Gasteiger partial charge in [0.15, 0.2) is 0 Å². The van der Waals surface area contributed by atoms with Crippen molar-refractivity contribution in [2.24, 2.45) is 0 Å². The highest BCUT2D eigenvalue weighted by Gasteiger charge is 2.11. The van der Waals surface area contributed by atoms with E-state index >= 15 is 0 Å². The van der Waals surface area contributed by atoms with Crippen LogP contribution in [0.1, 0.15) is 39.2 Å². The lowest BCUT2D eigenvalue weighted by molar-refractivity contribution is 0.305. The molecule has 19 heavy (non-hydrogen) atoms. The van der Waals surface area contributed by atoms with Crippen LogP contribution in [0.5, 0.6) is 0 Å². The third kappa shape index (κ3) is 4.73. The first-order chi connectivity index (χ1) is 9.15. The third-order valence-corrected chi connectivity index (χ3v) is 4.02. The molecule has 0 aliphatic heterocycles. The van der Waals surface area contributed by atoms with Crippen LogP contribution < -0.4 is 5.32 Å². The highest BCUT2D eigenvalue weighted by molar-refractivity contribution is 9.10. The molecule has 0 bridgehead atoms. The second-order valence-electron chi connectivity index (χ2n) is 4.41. The number of aryl methyl sites for hydroxylation is 1. The molecule has 108 valence electrons. The smallest absolute Gasteiger partial charge is 0.144 e. The highest BCUT2D eigenvalue weighted by Crippen LogP contribution is 2.24. The van der Waals surface area contributed by atoms with Crippen LogP contribution in [0.25, 0.3) is 0 Å². The molecule has 0 saturated heterocycles. The first kappa shape index (κ1) is 16.4. The molecular formula is C14H25BrN4. The maximum Gasteiger partial charge on any atom is 0.144 e.